The van der Waals surface area contributed by atoms with Crippen LogP contribution in [0.5, 0.6) is 5.75 Å². The lowest BCUT2D eigenvalue weighted by Crippen LogP contribution is -2.28. The third-order valence-electron chi connectivity index (χ3n) is 4.13. The molecular formula is C17H21N3O. The molecule has 1 aromatic carbocycles. The Morgan fingerprint density at radius 2 is 1.95 bits per heavy atom. The van der Waals surface area contributed by atoms with Crippen LogP contribution < -0.4 is 5.73 Å². The van der Waals surface area contributed by atoms with Crippen LogP contribution in [0, 0.1) is 6.92 Å². The molecule has 4 heteroatoms. The molecule has 1 aromatic heterocycles. The fourth-order valence-corrected chi connectivity index (χ4v) is 3.03. The molecule has 0 radical (unpaired) electrons. The number of nitrogens with zero attached hydrogens (tertiary/aromatic N) is 2. The predicted octanol–water partition coefficient (Wildman–Crippen LogP) is 2.02. The van der Waals surface area contributed by atoms with Gasteiger partial charge >= 0.3 is 0 Å². The molecule has 3 N–H and O–H groups in total. The van der Waals surface area contributed by atoms with Crippen LogP contribution in [0.25, 0.3) is 0 Å². The van der Waals surface area contributed by atoms with Crippen molar-refractivity contribution in [3.63, 3.8) is 0 Å². The maximum absolute atomic E-state index is 9.92. The Hall–Kier alpha value is -1.91. The maximum atomic E-state index is 9.92. The second-order valence-corrected chi connectivity index (χ2v) is 5.79. The quantitative estimate of drug-likeness (QED) is 0.904. The molecule has 1 aliphatic heterocycles. The van der Waals surface area contributed by atoms with Gasteiger partial charge in [-0.15, -0.1) is 0 Å². The van der Waals surface area contributed by atoms with Gasteiger partial charge in [-0.05, 0) is 24.6 Å². The Labute approximate surface area is 125 Å². The van der Waals surface area contributed by atoms with Gasteiger partial charge in [0.15, 0.2) is 0 Å². The minimum Gasteiger partial charge on any atom is -0.506 e. The molecule has 1 saturated heterocycles. The van der Waals surface area contributed by atoms with Crippen molar-refractivity contribution < 1.29 is 5.11 Å². The van der Waals surface area contributed by atoms with Gasteiger partial charge in [-0.3, -0.25) is 9.88 Å². The molecule has 2 heterocycles. The zero-order chi connectivity index (χ0) is 14.8. The van der Waals surface area contributed by atoms with E-state index < -0.39 is 0 Å². The molecule has 110 valence electrons. The van der Waals surface area contributed by atoms with E-state index in [1.165, 1.54) is 5.56 Å². The van der Waals surface area contributed by atoms with Crippen LogP contribution in [0.3, 0.4) is 0 Å². The average Bonchev–Trinajstić information content (AvgIpc) is 2.84. The highest BCUT2D eigenvalue weighted by molar-refractivity contribution is 5.28. The Morgan fingerprint density at radius 3 is 2.71 bits per heavy atom. The number of hydrogen-bond donors (Lipinski definition) is 2. The predicted molar refractivity (Wildman–Crippen MR) is 83.1 cm³/mol. The van der Waals surface area contributed by atoms with Crippen molar-refractivity contribution in [2.75, 3.05) is 13.1 Å². The average molecular weight is 283 g/mol. The first kappa shape index (κ1) is 14.0. The van der Waals surface area contributed by atoms with E-state index in [1.807, 2.05) is 19.1 Å². The molecule has 0 saturated carbocycles. The monoisotopic (exact) mass is 283 g/mol. The summed E-state index contributed by atoms with van der Waals surface area (Å²) in [6.45, 7) is 4.31. The molecule has 4 nitrogen and oxygen atoms in total. The van der Waals surface area contributed by atoms with E-state index in [1.54, 1.807) is 6.07 Å². The van der Waals surface area contributed by atoms with Crippen LogP contribution in [0.1, 0.15) is 22.9 Å². The second kappa shape index (κ2) is 5.84. The zero-order valence-corrected chi connectivity index (χ0v) is 12.2. The molecule has 0 amide bonds. The molecule has 1 fully saturated rings. The van der Waals surface area contributed by atoms with E-state index in [9.17, 15) is 5.11 Å². The summed E-state index contributed by atoms with van der Waals surface area (Å²) >= 11 is 0. The first-order chi connectivity index (χ1) is 10.1. The van der Waals surface area contributed by atoms with Gasteiger partial charge in [-0.1, -0.05) is 30.3 Å². The molecule has 0 spiro atoms. The second-order valence-electron chi connectivity index (χ2n) is 5.79. The topological polar surface area (TPSA) is 62.4 Å². The summed E-state index contributed by atoms with van der Waals surface area (Å²) in [4.78, 5) is 6.69. The number of benzene rings is 1. The number of aromatic nitrogens is 1. The molecule has 2 atom stereocenters. The van der Waals surface area contributed by atoms with Crippen molar-refractivity contribution in [1.82, 2.24) is 9.88 Å². The van der Waals surface area contributed by atoms with Crippen molar-refractivity contribution in [2.24, 2.45) is 5.73 Å². The molecule has 0 bridgehead atoms. The van der Waals surface area contributed by atoms with Crippen LogP contribution in [0.4, 0.5) is 0 Å². The molecule has 3 rings (SSSR count). The minimum atomic E-state index is 0.124. The first-order valence-electron chi connectivity index (χ1n) is 7.32. The standard InChI is InChI=1S/C17H21N3O/c1-12-7-8-17(21)16(19-12)11-20-9-14(15(18)10-20)13-5-3-2-4-6-13/h2-8,14-15,21H,9-11,18H2,1H3/t14-,15+/m0/s1. The van der Waals surface area contributed by atoms with E-state index in [4.69, 9.17) is 5.73 Å². The third kappa shape index (κ3) is 3.06. The van der Waals surface area contributed by atoms with Gasteiger partial charge < -0.3 is 10.8 Å². The van der Waals surface area contributed by atoms with E-state index in [0.717, 1.165) is 24.5 Å². The number of hydrogen-bond acceptors (Lipinski definition) is 4. The van der Waals surface area contributed by atoms with E-state index >= 15 is 0 Å². The van der Waals surface area contributed by atoms with Crippen molar-refractivity contribution >= 4 is 0 Å². The number of likely N-dealkylation sites (tertiary alicyclic amines) is 1. The smallest absolute Gasteiger partial charge is 0.138 e. The van der Waals surface area contributed by atoms with Crippen LogP contribution in [0.2, 0.25) is 0 Å². The SMILES string of the molecule is Cc1ccc(O)c(CN2C[C@@H](N)[C@H](c3ccccc3)C2)n1. The summed E-state index contributed by atoms with van der Waals surface area (Å²) in [6.07, 6.45) is 0. The first-order valence-corrected chi connectivity index (χ1v) is 7.32. The van der Waals surface area contributed by atoms with Gasteiger partial charge in [0.05, 0.1) is 5.69 Å². The third-order valence-corrected chi connectivity index (χ3v) is 4.13. The fourth-order valence-electron chi connectivity index (χ4n) is 3.03. The highest BCUT2D eigenvalue weighted by atomic mass is 16.3. The summed E-state index contributed by atoms with van der Waals surface area (Å²) in [7, 11) is 0. The Morgan fingerprint density at radius 1 is 1.19 bits per heavy atom. The van der Waals surface area contributed by atoms with E-state index in [2.05, 4.69) is 34.1 Å². The molecule has 0 aliphatic carbocycles. The summed E-state index contributed by atoms with van der Waals surface area (Å²) in [5.74, 6) is 0.607. The summed E-state index contributed by atoms with van der Waals surface area (Å²) in [6, 6.07) is 14.1. The Balaban J connectivity index is 1.73. The number of nitrogens with two attached hydrogens (primary N) is 1. The number of pyridine rings is 1. The van der Waals surface area contributed by atoms with Crippen LogP contribution in [0.15, 0.2) is 42.5 Å². The largest absolute Gasteiger partial charge is 0.506 e. The van der Waals surface area contributed by atoms with Gasteiger partial charge in [-0.2, -0.15) is 0 Å². The lowest BCUT2D eigenvalue weighted by atomic mass is 9.95. The van der Waals surface area contributed by atoms with E-state index in [0.29, 0.717) is 12.5 Å². The maximum Gasteiger partial charge on any atom is 0.138 e. The normalized spacial score (nSPS) is 22.6. The van der Waals surface area contributed by atoms with Crippen LogP contribution in [-0.2, 0) is 6.54 Å². The number of rotatable bonds is 3. The lowest BCUT2D eigenvalue weighted by molar-refractivity contribution is 0.312. The van der Waals surface area contributed by atoms with Crippen molar-refractivity contribution in [3.05, 3.63) is 59.4 Å². The van der Waals surface area contributed by atoms with Crippen LogP contribution in [-0.4, -0.2) is 34.1 Å². The molecule has 21 heavy (non-hydrogen) atoms. The van der Waals surface area contributed by atoms with Crippen molar-refractivity contribution in [3.8, 4) is 5.75 Å². The molecular weight excluding hydrogens is 262 g/mol. The molecule has 2 aromatic rings. The van der Waals surface area contributed by atoms with Gasteiger partial charge in [-0.25, -0.2) is 0 Å². The summed E-state index contributed by atoms with van der Waals surface area (Å²) < 4.78 is 0. The highest BCUT2D eigenvalue weighted by Crippen LogP contribution is 2.28. The van der Waals surface area contributed by atoms with Crippen molar-refractivity contribution in [1.29, 1.82) is 0 Å². The Kier molecular flexibility index (Phi) is 3.90. The van der Waals surface area contributed by atoms with Gasteiger partial charge in [0.2, 0.25) is 0 Å². The highest BCUT2D eigenvalue weighted by Gasteiger charge is 2.31. The molecule has 0 unspecified atom stereocenters. The van der Waals surface area contributed by atoms with Crippen molar-refractivity contribution in [2.45, 2.75) is 25.4 Å². The van der Waals surface area contributed by atoms with E-state index in [-0.39, 0.29) is 11.8 Å². The van der Waals surface area contributed by atoms with Gasteiger partial charge in [0.25, 0.3) is 0 Å². The zero-order valence-electron chi connectivity index (χ0n) is 12.2. The number of aryl methyl sites for hydroxylation is 1. The van der Waals surface area contributed by atoms with Gasteiger partial charge in [0.1, 0.15) is 5.75 Å². The van der Waals surface area contributed by atoms with Gasteiger partial charge in [0, 0.05) is 37.3 Å². The fraction of sp³-hybridized carbons (Fsp3) is 0.353. The summed E-state index contributed by atoms with van der Waals surface area (Å²) in [5, 5.41) is 9.92. The Bertz CT molecular complexity index is 615. The lowest BCUT2D eigenvalue weighted by Gasteiger charge is -2.16. The van der Waals surface area contributed by atoms with Crippen LogP contribution >= 0.6 is 0 Å². The molecule has 1 aliphatic rings. The minimum absolute atomic E-state index is 0.124. The summed E-state index contributed by atoms with van der Waals surface area (Å²) in [5.41, 5.74) is 9.24. The number of aromatic hydroxyl groups is 1.